The number of hydrogen-bond donors (Lipinski definition) is 1. The van der Waals surface area contributed by atoms with Crippen LogP contribution in [0.5, 0.6) is 0 Å². The third-order valence-electron chi connectivity index (χ3n) is 3.15. The molecule has 1 unspecified atom stereocenters. The Labute approximate surface area is 119 Å². The fourth-order valence-corrected chi connectivity index (χ4v) is 3.53. The second-order valence-corrected chi connectivity index (χ2v) is 5.90. The van der Waals surface area contributed by atoms with Crippen LogP contribution in [0.1, 0.15) is 17.7 Å². The van der Waals surface area contributed by atoms with Crippen molar-refractivity contribution < 1.29 is 0 Å². The van der Waals surface area contributed by atoms with E-state index >= 15 is 0 Å². The maximum absolute atomic E-state index is 6.13. The van der Waals surface area contributed by atoms with Crippen LogP contribution in [0, 0.1) is 5.92 Å². The Morgan fingerprint density at radius 1 is 1.59 bits per heavy atom. The average molecular weight is 295 g/mol. The van der Waals surface area contributed by atoms with E-state index in [-0.39, 0.29) is 12.4 Å². The van der Waals surface area contributed by atoms with Crippen LogP contribution in [0.15, 0.2) is 11.4 Å². The number of nitrogens with zero attached hydrogens (tertiary/aromatic N) is 1. The highest BCUT2D eigenvalue weighted by atomic mass is 35.5. The van der Waals surface area contributed by atoms with Gasteiger partial charge in [-0.3, -0.25) is 4.90 Å². The lowest BCUT2D eigenvalue weighted by molar-refractivity contribution is 0.168. The third kappa shape index (κ3) is 4.42. The van der Waals surface area contributed by atoms with E-state index in [4.69, 9.17) is 11.6 Å². The lowest BCUT2D eigenvalue weighted by Crippen LogP contribution is -2.38. The van der Waals surface area contributed by atoms with Gasteiger partial charge in [0.25, 0.3) is 0 Å². The molecule has 1 aromatic heterocycles. The molecule has 1 aromatic rings. The Kier molecular flexibility index (Phi) is 6.82. The van der Waals surface area contributed by atoms with Crippen LogP contribution >= 0.6 is 35.3 Å². The molecule has 1 aliphatic heterocycles. The van der Waals surface area contributed by atoms with Crippen LogP contribution in [0.25, 0.3) is 0 Å². The summed E-state index contributed by atoms with van der Waals surface area (Å²) < 4.78 is 0. The summed E-state index contributed by atoms with van der Waals surface area (Å²) in [6.45, 7) is 4.58. The van der Waals surface area contributed by atoms with E-state index in [1.165, 1.54) is 30.8 Å². The molecule has 0 spiro atoms. The molecule has 2 rings (SSSR count). The van der Waals surface area contributed by atoms with E-state index in [0.717, 1.165) is 24.0 Å². The van der Waals surface area contributed by atoms with Gasteiger partial charge in [-0.2, -0.15) is 0 Å². The van der Waals surface area contributed by atoms with Crippen LogP contribution in [0.3, 0.4) is 0 Å². The maximum Gasteiger partial charge on any atom is 0.0558 e. The second kappa shape index (κ2) is 7.59. The first kappa shape index (κ1) is 15.3. The molecule has 1 saturated heterocycles. The first-order valence-corrected chi connectivity index (χ1v) is 7.14. The maximum atomic E-state index is 6.13. The molecule has 0 saturated carbocycles. The van der Waals surface area contributed by atoms with Crippen molar-refractivity contribution in [3.8, 4) is 0 Å². The zero-order valence-electron chi connectivity index (χ0n) is 10.1. The minimum Gasteiger partial charge on any atom is -0.319 e. The predicted molar refractivity (Wildman–Crippen MR) is 78.5 cm³/mol. The molecule has 0 aromatic carbocycles. The second-order valence-electron chi connectivity index (χ2n) is 4.49. The summed E-state index contributed by atoms with van der Waals surface area (Å²) >= 11 is 7.90. The van der Waals surface area contributed by atoms with Crippen molar-refractivity contribution in [1.29, 1.82) is 0 Å². The van der Waals surface area contributed by atoms with Gasteiger partial charge in [-0.05, 0) is 50.3 Å². The molecule has 1 N–H and O–H groups in total. The number of likely N-dealkylation sites (tertiary alicyclic amines) is 1. The van der Waals surface area contributed by atoms with Gasteiger partial charge in [0.1, 0.15) is 0 Å². The van der Waals surface area contributed by atoms with E-state index < -0.39 is 0 Å². The summed E-state index contributed by atoms with van der Waals surface area (Å²) in [7, 11) is 2.04. The van der Waals surface area contributed by atoms with Crippen molar-refractivity contribution >= 4 is 35.3 Å². The fourth-order valence-electron chi connectivity index (χ4n) is 2.39. The molecule has 1 atom stereocenters. The van der Waals surface area contributed by atoms with E-state index in [1.54, 1.807) is 11.3 Å². The lowest BCUT2D eigenvalue weighted by atomic mass is 9.98. The molecule has 1 aliphatic rings. The van der Waals surface area contributed by atoms with E-state index in [2.05, 4.69) is 15.6 Å². The monoisotopic (exact) mass is 294 g/mol. The zero-order valence-corrected chi connectivity index (χ0v) is 12.5. The summed E-state index contributed by atoms with van der Waals surface area (Å²) in [6, 6.07) is 2.00. The van der Waals surface area contributed by atoms with E-state index in [0.29, 0.717) is 0 Å². The van der Waals surface area contributed by atoms with Crippen molar-refractivity contribution in [2.24, 2.45) is 5.92 Å². The minimum atomic E-state index is 0. The quantitative estimate of drug-likeness (QED) is 0.917. The molecular formula is C12H20Cl2N2S. The average Bonchev–Trinajstić information content (AvgIpc) is 2.66. The van der Waals surface area contributed by atoms with Crippen LogP contribution < -0.4 is 5.32 Å². The zero-order chi connectivity index (χ0) is 11.4. The Balaban J connectivity index is 0.00000144. The van der Waals surface area contributed by atoms with Crippen LogP contribution in [0.4, 0.5) is 0 Å². The smallest absolute Gasteiger partial charge is 0.0558 e. The fraction of sp³-hybridized carbons (Fsp3) is 0.667. The molecule has 1 fully saturated rings. The first-order chi connectivity index (χ1) is 7.79. The van der Waals surface area contributed by atoms with Gasteiger partial charge >= 0.3 is 0 Å². The lowest BCUT2D eigenvalue weighted by Gasteiger charge is -2.32. The Morgan fingerprint density at radius 3 is 3.06 bits per heavy atom. The molecule has 2 heterocycles. The highest BCUT2D eigenvalue weighted by Crippen LogP contribution is 2.25. The number of hydrogen-bond acceptors (Lipinski definition) is 3. The van der Waals surface area contributed by atoms with Crippen molar-refractivity contribution in [2.75, 3.05) is 26.7 Å². The van der Waals surface area contributed by atoms with Gasteiger partial charge in [0, 0.05) is 18.0 Å². The van der Waals surface area contributed by atoms with Crippen molar-refractivity contribution in [3.05, 3.63) is 21.3 Å². The molecule has 0 bridgehead atoms. The highest BCUT2D eigenvalue weighted by Gasteiger charge is 2.20. The van der Waals surface area contributed by atoms with Gasteiger partial charge in [0.2, 0.25) is 0 Å². The van der Waals surface area contributed by atoms with Gasteiger partial charge in [-0.15, -0.1) is 23.7 Å². The largest absolute Gasteiger partial charge is 0.319 e. The van der Waals surface area contributed by atoms with E-state index in [1.807, 2.05) is 13.1 Å². The van der Waals surface area contributed by atoms with E-state index in [9.17, 15) is 0 Å². The number of rotatable bonds is 4. The number of nitrogens with one attached hydrogen (secondary N) is 1. The van der Waals surface area contributed by atoms with Crippen LogP contribution in [0.2, 0.25) is 5.02 Å². The molecule has 0 radical (unpaired) electrons. The summed E-state index contributed by atoms with van der Waals surface area (Å²) in [5, 5.41) is 6.29. The Bertz CT molecular complexity index is 328. The summed E-state index contributed by atoms with van der Waals surface area (Å²) in [4.78, 5) is 3.84. The normalized spacial score (nSPS) is 21.2. The van der Waals surface area contributed by atoms with Gasteiger partial charge in [-0.25, -0.2) is 0 Å². The summed E-state index contributed by atoms with van der Waals surface area (Å²) in [5.41, 5.74) is 0. The van der Waals surface area contributed by atoms with Gasteiger partial charge in [-0.1, -0.05) is 11.6 Å². The summed E-state index contributed by atoms with van der Waals surface area (Å²) in [6.07, 6.45) is 2.67. The van der Waals surface area contributed by atoms with Crippen LogP contribution in [-0.2, 0) is 6.54 Å². The van der Waals surface area contributed by atoms with Gasteiger partial charge < -0.3 is 5.32 Å². The van der Waals surface area contributed by atoms with Crippen molar-refractivity contribution in [3.63, 3.8) is 0 Å². The minimum absolute atomic E-state index is 0. The predicted octanol–water partition coefficient (Wildman–Crippen LogP) is 3.25. The number of piperidine rings is 1. The van der Waals surface area contributed by atoms with Gasteiger partial charge in [0.05, 0.1) is 5.02 Å². The molecule has 17 heavy (non-hydrogen) atoms. The van der Waals surface area contributed by atoms with Crippen molar-refractivity contribution in [1.82, 2.24) is 10.2 Å². The first-order valence-electron chi connectivity index (χ1n) is 5.88. The molecule has 5 heteroatoms. The molecule has 98 valence electrons. The van der Waals surface area contributed by atoms with Crippen LogP contribution in [-0.4, -0.2) is 31.6 Å². The third-order valence-corrected chi connectivity index (χ3v) is 4.53. The standard InChI is InChI=1S/C12H19ClN2S.ClH/c1-14-7-10-3-2-5-15(8-10)9-12-11(13)4-6-16-12;/h4,6,10,14H,2-3,5,7-9H2,1H3;1H. The molecule has 2 nitrogen and oxygen atoms in total. The van der Waals surface area contributed by atoms with Gasteiger partial charge in [0.15, 0.2) is 0 Å². The molecular weight excluding hydrogens is 275 g/mol. The molecule has 0 amide bonds. The SMILES string of the molecule is CNCC1CCCN(Cc2sccc2Cl)C1.Cl. The Morgan fingerprint density at radius 2 is 2.41 bits per heavy atom. The summed E-state index contributed by atoms with van der Waals surface area (Å²) in [5.74, 6) is 0.803. The highest BCUT2D eigenvalue weighted by molar-refractivity contribution is 7.10. The Hall–Kier alpha value is 0.200. The molecule has 0 aliphatic carbocycles. The number of halogens is 2. The van der Waals surface area contributed by atoms with Crippen molar-refractivity contribution in [2.45, 2.75) is 19.4 Å². The topological polar surface area (TPSA) is 15.3 Å². The number of thiophene rings is 1.